The predicted molar refractivity (Wildman–Crippen MR) is 108 cm³/mol. The third-order valence-electron chi connectivity index (χ3n) is 3.66. The van der Waals surface area contributed by atoms with Gasteiger partial charge in [0.2, 0.25) is 11.8 Å². The molecule has 2 aromatic rings. The number of thioether (sulfide) groups is 1. The van der Waals surface area contributed by atoms with E-state index in [2.05, 4.69) is 15.6 Å². The molecule has 26 heavy (non-hydrogen) atoms. The normalized spacial score (nSPS) is 18.0. The third-order valence-corrected chi connectivity index (χ3v) is 5.40. The molecule has 134 valence electrons. The summed E-state index contributed by atoms with van der Waals surface area (Å²) in [4.78, 5) is 28.6. The maximum atomic E-state index is 12.2. The lowest BCUT2D eigenvalue weighted by molar-refractivity contribution is -0.122. The Morgan fingerprint density at radius 1 is 1.23 bits per heavy atom. The number of aliphatic imine (C=N–C) groups is 1. The molecule has 0 saturated carbocycles. The standard InChI is InChI=1S/C18H15Cl2N3O2S/c1-10-2-5-13(8-14(10)20)21-16(24)9-15-17(25)23-18(26-15)22-12-6-3-11(19)4-7-12/h2-8,15H,9H2,1H3,(H,21,24)(H,22,23,25)/t15-/m1/s1. The van der Waals surface area contributed by atoms with Crippen molar-refractivity contribution in [2.45, 2.75) is 18.6 Å². The van der Waals surface area contributed by atoms with Crippen molar-refractivity contribution in [1.29, 1.82) is 0 Å². The zero-order valence-corrected chi connectivity index (χ0v) is 16.1. The van der Waals surface area contributed by atoms with Crippen LogP contribution < -0.4 is 10.6 Å². The second-order valence-electron chi connectivity index (χ2n) is 5.71. The largest absolute Gasteiger partial charge is 0.326 e. The van der Waals surface area contributed by atoms with Crippen molar-refractivity contribution >= 4 is 63.3 Å². The van der Waals surface area contributed by atoms with Gasteiger partial charge in [-0.25, -0.2) is 4.99 Å². The maximum absolute atomic E-state index is 12.2. The summed E-state index contributed by atoms with van der Waals surface area (Å²) >= 11 is 13.1. The highest BCUT2D eigenvalue weighted by Gasteiger charge is 2.32. The van der Waals surface area contributed by atoms with Gasteiger partial charge in [-0.05, 0) is 48.9 Å². The molecule has 2 amide bonds. The Kier molecular flexibility index (Phi) is 5.86. The number of amidine groups is 1. The van der Waals surface area contributed by atoms with Gasteiger partial charge in [-0.3, -0.25) is 9.59 Å². The molecule has 1 saturated heterocycles. The minimum Gasteiger partial charge on any atom is -0.326 e. The second-order valence-corrected chi connectivity index (χ2v) is 7.74. The van der Waals surface area contributed by atoms with Gasteiger partial charge < -0.3 is 10.6 Å². The Bertz CT molecular complexity index is 885. The molecule has 0 spiro atoms. The number of carbonyl (C=O) groups is 2. The van der Waals surface area contributed by atoms with E-state index >= 15 is 0 Å². The highest BCUT2D eigenvalue weighted by Crippen LogP contribution is 2.26. The highest BCUT2D eigenvalue weighted by molar-refractivity contribution is 8.15. The molecule has 0 aromatic heterocycles. The molecular weight excluding hydrogens is 393 g/mol. The lowest BCUT2D eigenvalue weighted by Crippen LogP contribution is -2.28. The summed E-state index contributed by atoms with van der Waals surface area (Å²) in [6.45, 7) is 1.88. The third kappa shape index (κ3) is 4.78. The molecule has 2 N–H and O–H groups in total. The second kappa shape index (κ2) is 8.12. The van der Waals surface area contributed by atoms with E-state index in [9.17, 15) is 9.59 Å². The van der Waals surface area contributed by atoms with Crippen LogP contribution in [0, 0.1) is 6.92 Å². The van der Waals surface area contributed by atoms with Crippen LogP contribution in [0.4, 0.5) is 11.4 Å². The smallest absolute Gasteiger partial charge is 0.240 e. The van der Waals surface area contributed by atoms with Gasteiger partial charge in [0.15, 0.2) is 5.17 Å². The summed E-state index contributed by atoms with van der Waals surface area (Å²) in [6.07, 6.45) is 0.0433. The van der Waals surface area contributed by atoms with Crippen LogP contribution in [0.25, 0.3) is 0 Å². The van der Waals surface area contributed by atoms with E-state index in [1.807, 2.05) is 13.0 Å². The summed E-state index contributed by atoms with van der Waals surface area (Å²) in [6, 6.07) is 12.2. The molecule has 1 aliphatic heterocycles. The SMILES string of the molecule is Cc1ccc(NC(=O)C[C@H]2SC(=Nc3ccc(Cl)cc3)NC2=O)cc1Cl. The molecule has 0 bridgehead atoms. The maximum Gasteiger partial charge on any atom is 0.240 e. The molecule has 0 aliphatic carbocycles. The van der Waals surface area contributed by atoms with Gasteiger partial charge in [0, 0.05) is 22.2 Å². The number of nitrogens with one attached hydrogen (secondary N) is 2. The van der Waals surface area contributed by atoms with Crippen molar-refractivity contribution in [3.63, 3.8) is 0 Å². The topological polar surface area (TPSA) is 70.6 Å². The Hall–Kier alpha value is -2.02. The molecule has 1 aliphatic rings. The van der Waals surface area contributed by atoms with Gasteiger partial charge in [-0.15, -0.1) is 0 Å². The molecular formula is C18H15Cl2N3O2S. The fourth-order valence-corrected chi connectivity index (χ4v) is 3.57. The average molecular weight is 408 g/mol. The molecule has 1 atom stereocenters. The van der Waals surface area contributed by atoms with Crippen LogP contribution in [0.3, 0.4) is 0 Å². The number of benzene rings is 2. The van der Waals surface area contributed by atoms with Gasteiger partial charge in [0.25, 0.3) is 0 Å². The lowest BCUT2D eigenvalue weighted by atomic mass is 10.2. The average Bonchev–Trinajstić information content (AvgIpc) is 2.92. The molecule has 5 nitrogen and oxygen atoms in total. The molecule has 8 heteroatoms. The van der Waals surface area contributed by atoms with Crippen LogP contribution in [0.5, 0.6) is 0 Å². The van der Waals surface area contributed by atoms with E-state index in [0.29, 0.717) is 26.6 Å². The number of hydrogen-bond acceptors (Lipinski definition) is 4. The van der Waals surface area contributed by atoms with Crippen LogP contribution in [-0.4, -0.2) is 22.2 Å². The zero-order chi connectivity index (χ0) is 18.7. The van der Waals surface area contributed by atoms with Crippen molar-refractivity contribution in [2.24, 2.45) is 4.99 Å². The fraction of sp³-hybridized carbons (Fsp3) is 0.167. The summed E-state index contributed by atoms with van der Waals surface area (Å²) < 4.78 is 0. The van der Waals surface area contributed by atoms with Crippen molar-refractivity contribution in [3.05, 3.63) is 58.1 Å². The molecule has 3 rings (SSSR count). The first-order valence-electron chi connectivity index (χ1n) is 7.78. The first-order valence-corrected chi connectivity index (χ1v) is 9.42. The van der Waals surface area contributed by atoms with Crippen LogP contribution >= 0.6 is 35.0 Å². The van der Waals surface area contributed by atoms with E-state index < -0.39 is 5.25 Å². The highest BCUT2D eigenvalue weighted by atomic mass is 35.5. The summed E-state index contributed by atoms with van der Waals surface area (Å²) in [5.41, 5.74) is 2.21. The number of anilines is 1. The van der Waals surface area contributed by atoms with Crippen molar-refractivity contribution in [1.82, 2.24) is 5.32 Å². The monoisotopic (exact) mass is 407 g/mol. The van der Waals surface area contributed by atoms with Gasteiger partial charge in [-0.2, -0.15) is 0 Å². The van der Waals surface area contributed by atoms with E-state index in [-0.39, 0.29) is 18.2 Å². The zero-order valence-electron chi connectivity index (χ0n) is 13.8. The van der Waals surface area contributed by atoms with Crippen molar-refractivity contribution in [2.75, 3.05) is 5.32 Å². The number of carbonyl (C=O) groups excluding carboxylic acids is 2. The number of amides is 2. The lowest BCUT2D eigenvalue weighted by Gasteiger charge is -2.08. The van der Waals surface area contributed by atoms with E-state index in [1.165, 1.54) is 11.8 Å². The molecule has 0 unspecified atom stereocenters. The first kappa shape index (κ1) is 18.8. The predicted octanol–water partition coefficient (Wildman–Crippen LogP) is 4.55. The van der Waals surface area contributed by atoms with E-state index in [0.717, 1.165) is 5.56 Å². The fourth-order valence-electron chi connectivity index (χ4n) is 2.28. The Morgan fingerprint density at radius 2 is 1.96 bits per heavy atom. The number of aryl methyl sites for hydroxylation is 1. The van der Waals surface area contributed by atoms with Gasteiger partial charge in [0.1, 0.15) is 5.25 Å². The van der Waals surface area contributed by atoms with Gasteiger partial charge in [0.05, 0.1) is 5.69 Å². The summed E-state index contributed by atoms with van der Waals surface area (Å²) in [5.74, 6) is -0.495. The van der Waals surface area contributed by atoms with Crippen LogP contribution in [0.1, 0.15) is 12.0 Å². The van der Waals surface area contributed by atoms with Gasteiger partial charge in [-0.1, -0.05) is 41.0 Å². The summed E-state index contributed by atoms with van der Waals surface area (Å²) in [7, 11) is 0. The van der Waals surface area contributed by atoms with Crippen molar-refractivity contribution in [3.8, 4) is 0 Å². The van der Waals surface area contributed by atoms with E-state index in [4.69, 9.17) is 23.2 Å². The molecule has 0 radical (unpaired) electrons. The van der Waals surface area contributed by atoms with E-state index in [1.54, 1.807) is 36.4 Å². The molecule has 2 aromatic carbocycles. The number of nitrogens with zero attached hydrogens (tertiary/aromatic N) is 1. The van der Waals surface area contributed by atoms with Crippen LogP contribution in [-0.2, 0) is 9.59 Å². The van der Waals surface area contributed by atoms with Gasteiger partial charge >= 0.3 is 0 Å². The van der Waals surface area contributed by atoms with Crippen LogP contribution in [0.15, 0.2) is 47.5 Å². The Labute approximate surface area is 165 Å². The minimum atomic E-state index is -0.526. The Morgan fingerprint density at radius 3 is 2.65 bits per heavy atom. The first-order chi connectivity index (χ1) is 12.4. The number of hydrogen-bond donors (Lipinski definition) is 2. The summed E-state index contributed by atoms with van der Waals surface area (Å²) in [5, 5.41) is 6.58. The van der Waals surface area contributed by atoms with Crippen molar-refractivity contribution < 1.29 is 9.59 Å². The molecule has 1 fully saturated rings. The quantitative estimate of drug-likeness (QED) is 0.780. The number of rotatable bonds is 4. The van der Waals surface area contributed by atoms with Crippen LogP contribution in [0.2, 0.25) is 10.0 Å². The molecule has 1 heterocycles. The minimum absolute atomic E-state index is 0.0433. The number of halogens is 2. The Balaban J connectivity index is 1.61.